The average Bonchev–Trinajstić information content (AvgIpc) is 3.39. The molecule has 2 amide bonds. The van der Waals surface area contributed by atoms with E-state index in [4.69, 9.17) is 0 Å². The molecule has 3 aromatic carbocycles. The number of ether oxygens (including phenoxy) is 1. The molecule has 0 aliphatic rings. The summed E-state index contributed by atoms with van der Waals surface area (Å²) in [6, 6.07) is 15.2. The van der Waals surface area contributed by atoms with E-state index < -0.39 is 35.7 Å². The normalized spacial score (nSPS) is 12.0. The van der Waals surface area contributed by atoms with Gasteiger partial charge in [-0.1, -0.05) is 18.7 Å². The number of amides is 2. The Hall–Kier alpha value is -5.11. The number of aliphatic imine (C=N–C) groups is 1. The van der Waals surface area contributed by atoms with Gasteiger partial charge in [-0.05, 0) is 86.3 Å². The van der Waals surface area contributed by atoms with Crippen LogP contribution in [-0.4, -0.2) is 23.9 Å². The Morgan fingerprint density at radius 3 is 2.27 bits per heavy atom. The second kappa shape index (κ2) is 13.3. The molecule has 0 fully saturated rings. The van der Waals surface area contributed by atoms with Gasteiger partial charge in [0.25, 0.3) is 11.8 Å². The fourth-order valence-corrected chi connectivity index (χ4v) is 5.01. The summed E-state index contributed by atoms with van der Waals surface area (Å²) in [5.74, 6) is -1.65. The average molecular weight is 647 g/mol. The summed E-state index contributed by atoms with van der Waals surface area (Å²) >= 11 is 1.10. The van der Waals surface area contributed by atoms with Crippen LogP contribution >= 0.6 is 11.3 Å². The fourth-order valence-electron chi connectivity index (χ4n) is 4.01. The van der Waals surface area contributed by atoms with Gasteiger partial charge in [-0.15, -0.1) is 24.5 Å². The zero-order valence-corrected chi connectivity index (χ0v) is 24.4. The number of nitrogens with one attached hydrogen (secondary N) is 3. The first-order valence-electron chi connectivity index (χ1n) is 13.0. The first-order valence-corrected chi connectivity index (χ1v) is 13.8. The third-order valence-corrected chi connectivity index (χ3v) is 7.21. The Labute approximate surface area is 257 Å². The number of anilines is 3. The minimum atomic E-state index is -4.82. The number of thiophene rings is 1. The molecule has 4 aromatic rings. The Kier molecular flexibility index (Phi) is 9.66. The maximum atomic E-state index is 13.3. The highest BCUT2D eigenvalue weighted by Crippen LogP contribution is 2.33. The molecular weight excluding hydrogens is 622 g/mol. The summed E-state index contributed by atoms with van der Waals surface area (Å²) in [6.45, 7) is 7.03. The van der Waals surface area contributed by atoms with Crippen molar-refractivity contribution in [2.45, 2.75) is 26.4 Å². The van der Waals surface area contributed by atoms with E-state index in [1.54, 1.807) is 32.0 Å². The van der Waals surface area contributed by atoms with Crippen LogP contribution in [-0.2, 0) is 6.18 Å². The monoisotopic (exact) mass is 646 g/mol. The smallest absolute Gasteiger partial charge is 0.406 e. The Balaban J connectivity index is 1.52. The third-order valence-electron chi connectivity index (χ3n) is 6.14. The zero-order valence-electron chi connectivity index (χ0n) is 23.6. The maximum absolute atomic E-state index is 13.3. The number of halogens is 6. The van der Waals surface area contributed by atoms with Gasteiger partial charge in [0.05, 0.1) is 16.1 Å². The first kappa shape index (κ1) is 32.8. The molecule has 14 heteroatoms. The highest BCUT2D eigenvalue weighted by molar-refractivity contribution is 7.18. The van der Waals surface area contributed by atoms with E-state index in [1.807, 2.05) is 0 Å². The third kappa shape index (κ3) is 8.72. The topological polar surface area (TPSA) is 91.8 Å². The second-order valence-electron chi connectivity index (χ2n) is 9.46. The number of benzene rings is 3. The van der Waals surface area contributed by atoms with Gasteiger partial charge in [-0.3, -0.25) is 14.6 Å². The van der Waals surface area contributed by atoms with Gasteiger partial charge in [-0.25, -0.2) is 0 Å². The van der Waals surface area contributed by atoms with Gasteiger partial charge in [0.15, 0.2) is 0 Å². The van der Waals surface area contributed by atoms with Crippen LogP contribution in [0.1, 0.15) is 43.6 Å². The molecule has 0 aliphatic carbocycles. The van der Waals surface area contributed by atoms with Crippen molar-refractivity contribution in [2.75, 3.05) is 16.0 Å². The number of aryl methyl sites for hydroxylation is 1. The molecule has 0 aliphatic heterocycles. The number of carbonyl (C=O) groups is 2. The molecule has 7 nitrogen and oxygen atoms in total. The van der Waals surface area contributed by atoms with Crippen molar-refractivity contribution in [3.63, 3.8) is 0 Å². The maximum Gasteiger partial charge on any atom is 0.573 e. The van der Waals surface area contributed by atoms with E-state index in [0.717, 1.165) is 41.7 Å². The van der Waals surface area contributed by atoms with Crippen LogP contribution in [0.3, 0.4) is 0 Å². The zero-order chi connectivity index (χ0) is 32.9. The molecule has 0 spiro atoms. The van der Waals surface area contributed by atoms with E-state index in [0.29, 0.717) is 33.2 Å². The van der Waals surface area contributed by atoms with Gasteiger partial charge >= 0.3 is 12.5 Å². The Bertz CT molecular complexity index is 1760. The van der Waals surface area contributed by atoms with E-state index in [2.05, 4.69) is 32.3 Å². The van der Waals surface area contributed by atoms with E-state index in [9.17, 15) is 35.9 Å². The molecule has 1 aromatic heterocycles. The molecule has 4 rings (SSSR count). The van der Waals surface area contributed by atoms with E-state index >= 15 is 0 Å². The van der Waals surface area contributed by atoms with Crippen LogP contribution in [0.15, 0.2) is 90.6 Å². The van der Waals surface area contributed by atoms with Crippen molar-refractivity contribution in [3.05, 3.63) is 113 Å². The summed E-state index contributed by atoms with van der Waals surface area (Å²) in [5.41, 5.74) is 1.44. The fraction of sp³-hybridized carbons (Fsp3) is 0.129. The number of hydrogen-bond donors (Lipinski definition) is 3. The van der Waals surface area contributed by atoms with Crippen LogP contribution in [0.5, 0.6) is 5.75 Å². The van der Waals surface area contributed by atoms with Crippen molar-refractivity contribution in [3.8, 4) is 5.75 Å². The van der Waals surface area contributed by atoms with Crippen molar-refractivity contribution in [1.29, 1.82) is 0 Å². The molecule has 0 radical (unpaired) electrons. The molecule has 1 heterocycles. The SMILES string of the molecule is C=CNc1sc(C(=O)Nc2cc(NC(=O)c3cccc(C(F)(F)F)c3)ccc2C)cc1C(C)=Nc1ccc(OC(F)(F)F)cc1. The number of rotatable bonds is 9. The summed E-state index contributed by atoms with van der Waals surface area (Å²) in [7, 11) is 0. The van der Waals surface area contributed by atoms with Crippen LogP contribution in [0.2, 0.25) is 0 Å². The van der Waals surface area contributed by atoms with Crippen LogP contribution in [0.25, 0.3) is 0 Å². The van der Waals surface area contributed by atoms with Gasteiger partial charge in [0, 0.05) is 28.2 Å². The van der Waals surface area contributed by atoms with Crippen molar-refractivity contribution < 1.29 is 40.7 Å². The number of nitrogens with zero attached hydrogens (tertiary/aromatic N) is 1. The lowest BCUT2D eigenvalue weighted by Crippen LogP contribution is -2.16. The second-order valence-corrected chi connectivity index (χ2v) is 10.5. The Morgan fingerprint density at radius 2 is 1.62 bits per heavy atom. The standard InChI is InChI=1S/C31H24F6N4O3S/c1-4-38-29-24(18(3)39-21-10-12-23(13-11-21)44-31(35,36)37)16-26(45-29)28(43)41-25-15-22(9-8-17(25)2)40-27(42)19-6-5-7-20(14-19)30(32,33)34/h4-16,38H,1H2,2-3H3,(H,40,42)(H,41,43). The molecule has 3 N–H and O–H groups in total. The predicted octanol–water partition coefficient (Wildman–Crippen LogP) is 9.17. The highest BCUT2D eigenvalue weighted by atomic mass is 32.1. The lowest BCUT2D eigenvalue weighted by Gasteiger charge is -2.12. The van der Waals surface area contributed by atoms with Gasteiger partial charge in [0.2, 0.25) is 0 Å². The summed E-state index contributed by atoms with van der Waals surface area (Å²) < 4.78 is 80.4. The summed E-state index contributed by atoms with van der Waals surface area (Å²) in [6.07, 6.45) is -8.01. The van der Waals surface area contributed by atoms with Crippen molar-refractivity contribution in [1.82, 2.24) is 0 Å². The van der Waals surface area contributed by atoms with Gasteiger partial charge in [-0.2, -0.15) is 13.2 Å². The molecule has 0 bridgehead atoms. The predicted molar refractivity (Wildman–Crippen MR) is 162 cm³/mol. The molecule has 45 heavy (non-hydrogen) atoms. The van der Waals surface area contributed by atoms with Crippen molar-refractivity contribution >= 4 is 50.9 Å². The van der Waals surface area contributed by atoms with Gasteiger partial charge < -0.3 is 20.7 Å². The van der Waals surface area contributed by atoms with Gasteiger partial charge in [0.1, 0.15) is 10.8 Å². The first-order chi connectivity index (χ1) is 21.1. The lowest BCUT2D eigenvalue weighted by molar-refractivity contribution is -0.274. The highest BCUT2D eigenvalue weighted by Gasteiger charge is 2.31. The van der Waals surface area contributed by atoms with Crippen LogP contribution in [0, 0.1) is 6.92 Å². The summed E-state index contributed by atoms with van der Waals surface area (Å²) in [4.78, 5) is 30.6. The minimum Gasteiger partial charge on any atom is -0.406 e. The van der Waals surface area contributed by atoms with E-state index in [1.165, 1.54) is 30.5 Å². The molecule has 0 saturated heterocycles. The molecule has 0 saturated carbocycles. The molecule has 0 unspecified atom stereocenters. The number of alkyl halides is 6. The molecule has 234 valence electrons. The minimum absolute atomic E-state index is 0.188. The Morgan fingerprint density at radius 1 is 0.911 bits per heavy atom. The lowest BCUT2D eigenvalue weighted by atomic mass is 10.1. The molecule has 0 atom stereocenters. The van der Waals surface area contributed by atoms with Crippen molar-refractivity contribution in [2.24, 2.45) is 4.99 Å². The van der Waals surface area contributed by atoms with E-state index in [-0.39, 0.29) is 16.1 Å². The number of carbonyl (C=O) groups excluding carboxylic acids is 2. The largest absolute Gasteiger partial charge is 0.573 e. The summed E-state index contributed by atoms with van der Waals surface area (Å²) in [5, 5.41) is 8.80. The number of hydrogen-bond acceptors (Lipinski definition) is 6. The molecular formula is C31H24F6N4O3S. The van der Waals surface area contributed by atoms with Crippen LogP contribution in [0.4, 0.5) is 48.4 Å². The van der Waals surface area contributed by atoms with Crippen LogP contribution < -0.4 is 20.7 Å². The quantitative estimate of drug-likeness (QED) is 0.125.